The first kappa shape index (κ1) is 20.8. The van der Waals surface area contributed by atoms with Gasteiger partial charge in [0.05, 0.1) is 11.7 Å². The molecule has 0 radical (unpaired) electrons. The molecule has 3 unspecified atom stereocenters. The van der Waals surface area contributed by atoms with E-state index in [1.807, 2.05) is 29.6 Å². The number of hydrogen-bond donors (Lipinski definition) is 3. The normalized spacial score (nSPS) is 23.4. The van der Waals surface area contributed by atoms with Crippen LogP contribution in [0.2, 0.25) is 0 Å². The van der Waals surface area contributed by atoms with Gasteiger partial charge in [0.2, 0.25) is 11.8 Å². The van der Waals surface area contributed by atoms with Crippen LogP contribution in [-0.4, -0.2) is 28.9 Å². The fourth-order valence-electron chi connectivity index (χ4n) is 4.10. The first-order valence-corrected chi connectivity index (χ1v) is 10.4. The Morgan fingerprint density at radius 2 is 1.89 bits per heavy atom. The van der Waals surface area contributed by atoms with Crippen LogP contribution in [0.15, 0.2) is 29.6 Å². The van der Waals surface area contributed by atoms with E-state index in [0.29, 0.717) is 17.1 Å². The molecule has 3 N–H and O–H groups in total. The molecule has 0 spiro atoms. The third kappa shape index (κ3) is 4.71. The lowest BCUT2D eigenvalue weighted by Crippen LogP contribution is -2.39. The molecule has 2 fully saturated rings. The summed E-state index contributed by atoms with van der Waals surface area (Å²) in [6.45, 7) is 1.48. The molecule has 8 heteroatoms. The Morgan fingerprint density at radius 1 is 1.14 bits per heavy atom. The molecule has 4 rings (SSSR count). The molecular weight excluding hydrogens is 396 g/mol. The molecule has 150 valence electrons. The second kappa shape index (κ2) is 9.03. The predicted molar refractivity (Wildman–Crippen MR) is 115 cm³/mol. The number of benzene rings is 1. The van der Waals surface area contributed by atoms with Crippen LogP contribution < -0.4 is 16.0 Å². The summed E-state index contributed by atoms with van der Waals surface area (Å²) < 4.78 is 0. The van der Waals surface area contributed by atoms with Gasteiger partial charge in [0, 0.05) is 29.6 Å². The smallest absolute Gasteiger partial charge is 0.243 e. The summed E-state index contributed by atoms with van der Waals surface area (Å²) >= 11 is 1.43. The summed E-state index contributed by atoms with van der Waals surface area (Å²) in [5, 5.41) is 11.8. The molecule has 1 aliphatic heterocycles. The summed E-state index contributed by atoms with van der Waals surface area (Å²) in [6, 6.07) is 7.91. The van der Waals surface area contributed by atoms with Crippen molar-refractivity contribution < 1.29 is 9.59 Å². The molecule has 1 saturated heterocycles. The lowest BCUT2D eigenvalue weighted by atomic mass is 9.85. The number of thiazole rings is 1. The molecule has 1 aromatic carbocycles. The number of amides is 2. The van der Waals surface area contributed by atoms with E-state index in [0.717, 1.165) is 23.4 Å². The van der Waals surface area contributed by atoms with Crippen LogP contribution in [0.5, 0.6) is 0 Å². The molecular formula is C20H25ClN4O2S. The highest BCUT2D eigenvalue weighted by Gasteiger charge is 2.38. The molecule has 6 nitrogen and oxygen atoms in total. The zero-order valence-electron chi connectivity index (χ0n) is 15.7. The highest BCUT2D eigenvalue weighted by molar-refractivity contribution is 7.14. The number of rotatable bonds is 4. The fraction of sp³-hybridized carbons (Fsp3) is 0.450. The first-order chi connectivity index (χ1) is 13.1. The minimum absolute atomic E-state index is 0. The van der Waals surface area contributed by atoms with Crippen molar-refractivity contribution in [1.29, 1.82) is 0 Å². The van der Waals surface area contributed by atoms with Gasteiger partial charge >= 0.3 is 0 Å². The molecule has 1 saturated carbocycles. The van der Waals surface area contributed by atoms with Gasteiger partial charge in [-0.25, -0.2) is 4.98 Å². The van der Waals surface area contributed by atoms with Crippen molar-refractivity contribution in [3.63, 3.8) is 0 Å². The Labute approximate surface area is 174 Å². The average Bonchev–Trinajstić information content (AvgIpc) is 3.28. The van der Waals surface area contributed by atoms with Gasteiger partial charge in [-0.15, -0.1) is 23.7 Å². The summed E-state index contributed by atoms with van der Waals surface area (Å²) in [6.07, 6.45) is 5.90. The highest BCUT2D eigenvalue weighted by Crippen LogP contribution is 2.34. The Kier molecular flexibility index (Phi) is 6.69. The van der Waals surface area contributed by atoms with Crippen LogP contribution in [-0.2, 0) is 9.59 Å². The van der Waals surface area contributed by atoms with E-state index in [1.54, 1.807) is 0 Å². The van der Waals surface area contributed by atoms with Gasteiger partial charge in [0.1, 0.15) is 0 Å². The standard InChI is InChI=1S/C20H24N4O2S.ClH/c1-12(25)21-15-8-6-13(7-9-15)18-11-27-20(23-18)24-19(26)17-10-14-4-2-3-5-16(14)22-17;/h6-9,11,14,16-17,22H,2-5,10H2,1H3,(H,21,25)(H,23,24,26);1H. The Bertz CT molecular complexity index is 825. The van der Waals surface area contributed by atoms with Crippen molar-refractivity contribution in [2.45, 2.75) is 51.1 Å². The number of hydrogen-bond acceptors (Lipinski definition) is 5. The van der Waals surface area contributed by atoms with Gasteiger partial charge in [-0.3, -0.25) is 9.59 Å². The third-order valence-electron chi connectivity index (χ3n) is 5.41. The predicted octanol–water partition coefficient (Wildman–Crippen LogP) is 4.05. The van der Waals surface area contributed by atoms with Crippen molar-refractivity contribution in [3.05, 3.63) is 29.6 Å². The fourth-order valence-corrected chi connectivity index (χ4v) is 4.83. The summed E-state index contributed by atoms with van der Waals surface area (Å²) in [5.41, 5.74) is 2.52. The van der Waals surface area contributed by atoms with Crippen LogP contribution in [0.4, 0.5) is 10.8 Å². The molecule has 1 aliphatic carbocycles. The van der Waals surface area contributed by atoms with E-state index in [-0.39, 0.29) is 30.3 Å². The molecule has 2 amide bonds. The maximum absolute atomic E-state index is 12.6. The van der Waals surface area contributed by atoms with E-state index in [1.165, 1.54) is 43.9 Å². The van der Waals surface area contributed by atoms with Crippen LogP contribution in [0.3, 0.4) is 0 Å². The van der Waals surface area contributed by atoms with Gasteiger partial charge in [0.25, 0.3) is 0 Å². The van der Waals surface area contributed by atoms with Gasteiger partial charge in [-0.1, -0.05) is 25.0 Å². The largest absolute Gasteiger partial charge is 0.326 e. The number of halogens is 1. The Morgan fingerprint density at radius 3 is 2.61 bits per heavy atom. The molecule has 28 heavy (non-hydrogen) atoms. The number of carbonyl (C=O) groups is 2. The van der Waals surface area contributed by atoms with E-state index >= 15 is 0 Å². The molecule has 1 aromatic heterocycles. The van der Waals surface area contributed by atoms with Crippen molar-refractivity contribution in [1.82, 2.24) is 10.3 Å². The average molecular weight is 421 g/mol. The van der Waals surface area contributed by atoms with Crippen molar-refractivity contribution in [2.75, 3.05) is 10.6 Å². The zero-order chi connectivity index (χ0) is 18.8. The lowest BCUT2D eigenvalue weighted by Gasteiger charge is -2.24. The number of carbonyl (C=O) groups excluding carboxylic acids is 2. The number of aromatic nitrogens is 1. The van der Waals surface area contributed by atoms with Crippen molar-refractivity contribution >= 4 is 46.4 Å². The lowest BCUT2D eigenvalue weighted by molar-refractivity contribution is -0.118. The summed E-state index contributed by atoms with van der Waals surface area (Å²) in [4.78, 5) is 28.2. The Balaban J connectivity index is 0.00000225. The number of fused-ring (bicyclic) bond motifs is 1. The molecule has 0 bridgehead atoms. The molecule has 2 aliphatic rings. The summed E-state index contributed by atoms with van der Waals surface area (Å²) in [5.74, 6) is 0.566. The van der Waals surface area contributed by atoms with E-state index in [2.05, 4.69) is 20.9 Å². The maximum atomic E-state index is 12.6. The van der Waals surface area contributed by atoms with E-state index in [9.17, 15) is 9.59 Å². The van der Waals surface area contributed by atoms with Crippen LogP contribution in [0.25, 0.3) is 11.3 Å². The zero-order valence-corrected chi connectivity index (χ0v) is 17.4. The minimum Gasteiger partial charge on any atom is -0.326 e. The second-order valence-corrected chi connectivity index (χ2v) is 8.25. The monoisotopic (exact) mass is 420 g/mol. The summed E-state index contributed by atoms with van der Waals surface area (Å²) in [7, 11) is 0. The molecule has 3 atom stereocenters. The molecule has 2 aromatic rings. The second-order valence-electron chi connectivity index (χ2n) is 7.39. The highest BCUT2D eigenvalue weighted by atomic mass is 35.5. The van der Waals surface area contributed by atoms with Crippen LogP contribution in [0, 0.1) is 5.92 Å². The number of nitrogens with zero attached hydrogens (tertiary/aromatic N) is 1. The molecule has 2 heterocycles. The third-order valence-corrected chi connectivity index (χ3v) is 6.17. The topological polar surface area (TPSA) is 83.1 Å². The van der Waals surface area contributed by atoms with Crippen molar-refractivity contribution in [3.8, 4) is 11.3 Å². The minimum atomic E-state index is -0.109. The van der Waals surface area contributed by atoms with Crippen LogP contribution in [0.1, 0.15) is 39.0 Å². The van der Waals surface area contributed by atoms with Gasteiger partial charge in [-0.2, -0.15) is 0 Å². The van der Waals surface area contributed by atoms with Crippen molar-refractivity contribution in [2.24, 2.45) is 5.92 Å². The van der Waals surface area contributed by atoms with Gasteiger partial charge in [0.15, 0.2) is 5.13 Å². The van der Waals surface area contributed by atoms with E-state index in [4.69, 9.17) is 0 Å². The number of anilines is 2. The Hall–Kier alpha value is -1.96. The quantitative estimate of drug-likeness (QED) is 0.696. The van der Waals surface area contributed by atoms with Gasteiger partial charge < -0.3 is 16.0 Å². The van der Waals surface area contributed by atoms with Gasteiger partial charge in [-0.05, 0) is 37.3 Å². The maximum Gasteiger partial charge on any atom is 0.243 e. The SMILES string of the molecule is CC(=O)Nc1ccc(-c2csc(NC(=O)C3CC4CCCCC4N3)n2)cc1.Cl. The van der Waals surface area contributed by atoms with E-state index < -0.39 is 0 Å². The first-order valence-electron chi connectivity index (χ1n) is 9.49. The van der Waals surface area contributed by atoms with Crippen LogP contribution >= 0.6 is 23.7 Å². The number of nitrogens with one attached hydrogen (secondary N) is 3.